The zero-order chi connectivity index (χ0) is 22.1. The second-order valence-corrected chi connectivity index (χ2v) is 7.09. The van der Waals surface area contributed by atoms with E-state index in [9.17, 15) is 9.90 Å². The van der Waals surface area contributed by atoms with Crippen molar-refractivity contribution in [3.63, 3.8) is 0 Å². The number of esters is 1. The van der Waals surface area contributed by atoms with Crippen LogP contribution in [0.5, 0.6) is 0 Å². The normalized spacial score (nSPS) is 26.2. The Hall–Kier alpha value is -2.94. The summed E-state index contributed by atoms with van der Waals surface area (Å²) in [6.07, 6.45) is -3.69. The SMILES string of the molecule is CO[C@H]1OCC(OC(=O)c2ccccc2)C[C@@H](O)C(OCc2ccccc2)C1N=[N+]=[N-]. The Bertz CT molecular complexity index is 875. The van der Waals surface area contributed by atoms with E-state index in [1.165, 1.54) is 7.11 Å². The summed E-state index contributed by atoms with van der Waals surface area (Å²) in [4.78, 5) is 15.3. The molecule has 1 heterocycles. The van der Waals surface area contributed by atoms with Gasteiger partial charge in [0, 0.05) is 18.4 Å². The Morgan fingerprint density at radius 2 is 1.87 bits per heavy atom. The number of hydrogen-bond donors (Lipinski definition) is 1. The number of aliphatic hydroxyl groups is 1. The smallest absolute Gasteiger partial charge is 0.338 e. The topological polar surface area (TPSA) is 123 Å². The quantitative estimate of drug-likeness (QED) is 0.313. The van der Waals surface area contributed by atoms with Crippen LogP contribution in [0.4, 0.5) is 0 Å². The van der Waals surface area contributed by atoms with Crippen molar-refractivity contribution in [2.45, 2.75) is 43.7 Å². The van der Waals surface area contributed by atoms with Crippen LogP contribution in [0, 0.1) is 0 Å². The van der Waals surface area contributed by atoms with Crippen LogP contribution in [-0.2, 0) is 25.6 Å². The van der Waals surface area contributed by atoms with Gasteiger partial charge in [0.15, 0.2) is 6.29 Å². The van der Waals surface area contributed by atoms with E-state index >= 15 is 0 Å². The van der Waals surface area contributed by atoms with E-state index in [-0.39, 0.29) is 19.6 Å². The van der Waals surface area contributed by atoms with Crippen molar-refractivity contribution in [3.8, 4) is 0 Å². The molecular weight excluding hydrogens is 402 g/mol. The molecule has 9 nitrogen and oxygen atoms in total. The summed E-state index contributed by atoms with van der Waals surface area (Å²) in [5.41, 5.74) is 10.3. The highest BCUT2D eigenvalue weighted by Gasteiger charge is 2.40. The van der Waals surface area contributed by atoms with Crippen LogP contribution in [0.1, 0.15) is 22.3 Å². The van der Waals surface area contributed by atoms with Crippen LogP contribution in [-0.4, -0.2) is 55.4 Å². The molecule has 31 heavy (non-hydrogen) atoms. The number of carbonyl (C=O) groups is 1. The van der Waals surface area contributed by atoms with Crippen molar-refractivity contribution < 1.29 is 28.8 Å². The largest absolute Gasteiger partial charge is 0.456 e. The fourth-order valence-electron chi connectivity index (χ4n) is 3.39. The minimum Gasteiger partial charge on any atom is -0.456 e. The summed E-state index contributed by atoms with van der Waals surface area (Å²) >= 11 is 0. The summed E-state index contributed by atoms with van der Waals surface area (Å²) in [6.45, 7) is 0.155. The zero-order valence-corrected chi connectivity index (χ0v) is 17.1. The molecule has 164 valence electrons. The van der Waals surface area contributed by atoms with E-state index in [1.807, 2.05) is 30.3 Å². The van der Waals surface area contributed by atoms with Crippen molar-refractivity contribution in [2.75, 3.05) is 13.7 Å². The summed E-state index contributed by atoms with van der Waals surface area (Å²) in [5, 5.41) is 14.7. The number of hydrogen-bond acceptors (Lipinski definition) is 7. The molecule has 0 aliphatic carbocycles. The van der Waals surface area contributed by atoms with Crippen molar-refractivity contribution in [3.05, 3.63) is 82.2 Å². The molecule has 3 unspecified atom stereocenters. The maximum Gasteiger partial charge on any atom is 0.338 e. The predicted octanol–water partition coefficient (Wildman–Crippen LogP) is 3.23. The first kappa shape index (κ1) is 22.7. The lowest BCUT2D eigenvalue weighted by Gasteiger charge is -2.36. The fourth-order valence-corrected chi connectivity index (χ4v) is 3.39. The van der Waals surface area contributed by atoms with Gasteiger partial charge in [0.05, 0.1) is 31.0 Å². The highest BCUT2D eigenvalue weighted by molar-refractivity contribution is 5.89. The van der Waals surface area contributed by atoms with Gasteiger partial charge in [-0.1, -0.05) is 53.6 Å². The molecule has 2 aromatic carbocycles. The third-order valence-electron chi connectivity index (χ3n) is 4.93. The van der Waals surface area contributed by atoms with E-state index in [2.05, 4.69) is 10.0 Å². The molecule has 0 spiro atoms. The highest BCUT2D eigenvalue weighted by Crippen LogP contribution is 2.25. The van der Waals surface area contributed by atoms with Gasteiger partial charge in [0.25, 0.3) is 0 Å². The van der Waals surface area contributed by atoms with Gasteiger partial charge >= 0.3 is 5.97 Å². The average Bonchev–Trinajstić information content (AvgIpc) is 2.79. The van der Waals surface area contributed by atoms with Crippen LogP contribution >= 0.6 is 0 Å². The fraction of sp³-hybridized carbons (Fsp3) is 0.409. The molecule has 0 amide bonds. The summed E-state index contributed by atoms with van der Waals surface area (Å²) < 4.78 is 22.5. The van der Waals surface area contributed by atoms with E-state index in [4.69, 9.17) is 24.5 Å². The lowest BCUT2D eigenvalue weighted by Crippen LogP contribution is -2.51. The minimum absolute atomic E-state index is 0.0308. The van der Waals surface area contributed by atoms with Gasteiger partial charge in [-0.25, -0.2) is 4.79 Å². The van der Waals surface area contributed by atoms with Gasteiger partial charge < -0.3 is 24.1 Å². The zero-order valence-electron chi connectivity index (χ0n) is 17.1. The monoisotopic (exact) mass is 427 g/mol. The first-order valence-corrected chi connectivity index (χ1v) is 9.90. The molecule has 0 saturated carbocycles. The molecule has 1 aliphatic rings. The number of azide groups is 1. The third kappa shape index (κ3) is 6.27. The van der Waals surface area contributed by atoms with Crippen molar-refractivity contribution in [1.29, 1.82) is 0 Å². The van der Waals surface area contributed by atoms with Gasteiger partial charge in [0.2, 0.25) is 0 Å². The van der Waals surface area contributed by atoms with E-state index in [0.717, 1.165) is 5.56 Å². The molecule has 0 radical (unpaired) electrons. The van der Waals surface area contributed by atoms with Gasteiger partial charge in [-0.2, -0.15) is 0 Å². The predicted molar refractivity (Wildman–Crippen MR) is 111 cm³/mol. The maximum atomic E-state index is 12.4. The molecular formula is C22H25N3O6. The first-order chi connectivity index (χ1) is 15.1. The second kappa shape index (κ2) is 11.5. The van der Waals surface area contributed by atoms with Crippen molar-refractivity contribution in [2.24, 2.45) is 5.11 Å². The molecule has 5 atom stereocenters. The van der Waals surface area contributed by atoms with Crippen LogP contribution in [0.25, 0.3) is 10.4 Å². The number of nitrogens with zero attached hydrogens (tertiary/aromatic N) is 3. The number of ether oxygens (including phenoxy) is 4. The van der Waals surface area contributed by atoms with Crippen LogP contribution < -0.4 is 0 Å². The Balaban J connectivity index is 1.76. The number of methoxy groups -OCH3 is 1. The number of rotatable bonds is 7. The van der Waals surface area contributed by atoms with Gasteiger partial charge in [0.1, 0.15) is 12.1 Å². The molecule has 1 aliphatic heterocycles. The molecule has 1 fully saturated rings. The average molecular weight is 427 g/mol. The molecule has 0 bridgehead atoms. The van der Waals surface area contributed by atoms with Crippen LogP contribution in [0.2, 0.25) is 0 Å². The summed E-state index contributed by atoms with van der Waals surface area (Å²) in [7, 11) is 1.40. The van der Waals surface area contributed by atoms with Crippen LogP contribution in [0.3, 0.4) is 0 Å². The number of benzene rings is 2. The van der Waals surface area contributed by atoms with Gasteiger partial charge in [-0.05, 0) is 23.2 Å². The summed E-state index contributed by atoms with van der Waals surface area (Å²) in [5.74, 6) is -0.524. The third-order valence-corrected chi connectivity index (χ3v) is 4.93. The van der Waals surface area contributed by atoms with Crippen molar-refractivity contribution in [1.82, 2.24) is 0 Å². The Labute approximate surface area is 180 Å². The molecule has 1 N–H and O–H groups in total. The van der Waals surface area contributed by atoms with Crippen LogP contribution in [0.15, 0.2) is 65.8 Å². The molecule has 1 saturated heterocycles. The maximum absolute atomic E-state index is 12.4. The van der Waals surface area contributed by atoms with Gasteiger partial charge in [-0.3, -0.25) is 0 Å². The molecule has 3 rings (SSSR count). The van der Waals surface area contributed by atoms with E-state index in [1.54, 1.807) is 30.3 Å². The first-order valence-electron chi connectivity index (χ1n) is 9.90. The second-order valence-electron chi connectivity index (χ2n) is 7.09. The number of carbonyl (C=O) groups excluding carboxylic acids is 1. The molecule has 2 aromatic rings. The standard InChI is InChI=1S/C22H25N3O6/c1-28-22-19(24-25-23)20(29-13-15-8-4-2-5-9-15)18(26)12-17(14-30-22)31-21(27)16-10-6-3-7-11-16/h2-11,17-20,22,26H,12-14H2,1H3/t17?,18-,19?,20?,22+/m1/s1. The van der Waals surface area contributed by atoms with E-state index < -0.39 is 36.6 Å². The lowest BCUT2D eigenvalue weighted by atomic mass is 9.98. The molecule has 9 heteroatoms. The van der Waals surface area contributed by atoms with Gasteiger partial charge in [-0.15, -0.1) is 0 Å². The minimum atomic E-state index is -1.09. The Morgan fingerprint density at radius 1 is 1.19 bits per heavy atom. The Kier molecular flexibility index (Phi) is 8.40. The Morgan fingerprint density at radius 3 is 2.52 bits per heavy atom. The lowest BCUT2D eigenvalue weighted by molar-refractivity contribution is -0.203. The highest BCUT2D eigenvalue weighted by atomic mass is 16.7. The van der Waals surface area contributed by atoms with E-state index in [0.29, 0.717) is 5.56 Å². The summed E-state index contributed by atoms with van der Waals surface area (Å²) in [6, 6.07) is 17.0. The molecule has 0 aromatic heterocycles. The van der Waals surface area contributed by atoms with Crippen molar-refractivity contribution >= 4 is 5.97 Å². The number of aliphatic hydroxyl groups excluding tert-OH is 1.